The van der Waals surface area contributed by atoms with Crippen molar-refractivity contribution < 1.29 is 14.5 Å². The molecular weight excluding hydrogens is 442 g/mol. The summed E-state index contributed by atoms with van der Waals surface area (Å²) in [6.45, 7) is 0.0955. The summed E-state index contributed by atoms with van der Waals surface area (Å²) in [4.78, 5) is 39.0. The number of hydrogen-bond acceptors (Lipinski definition) is 5. The van der Waals surface area contributed by atoms with Crippen LogP contribution >= 0.6 is 15.9 Å². The molecule has 3 aromatic rings. The van der Waals surface area contributed by atoms with Crippen LogP contribution in [0.15, 0.2) is 65.7 Å². The van der Waals surface area contributed by atoms with Crippen LogP contribution in [0.4, 0.5) is 11.4 Å². The highest BCUT2D eigenvalue weighted by atomic mass is 79.9. The van der Waals surface area contributed by atoms with E-state index in [4.69, 9.17) is 0 Å². The summed E-state index contributed by atoms with van der Waals surface area (Å²) >= 11 is 3.31. The van der Waals surface area contributed by atoms with E-state index in [9.17, 15) is 19.7 Å². The first kappa shape index (κ1) is 20.2. The van der Waals surface area contributed by atoms with Crippen molar-refractivity contribution in [2.75, 3.05) is 11.9 Å². The van der Waals surface area contributed by atoms with E-state index in [0.717, 1.165) is 4.47 Å². The van der Waals surface area contributed by atoms with Crippen molar-refractivity contribution in [1.29, 1.82) is 0 Å². The molecule has 0 aliphatic carbocycles. The third-order valence-corrected chi connectivity index (χ3v) is 4.51. The van der Waals surface area contributed by atoms with E-state index in [1.54, 1.807) is 30.5 Å². The Balaban J connectivity index is 1.59. The smallest absolute Gasteiger partial charge is 0.294 e. The average Bonchev–Trinajstić information content (AvgIpc) is 3.24. The number of carbonyl (C=O) groups excluding carboxylic acids is 2. The van der Waals surface area contributed by atoms with Gasteiger partial charge in [-0.2, -0.15) is 0 Å². The summed E-state index contributed by atoms with van der Waals surface area (Å²) in [5, 5.41) is 16.7. The number of rotatable bonds is 7. The molecule has 29 heavy (non-hydrogen) atoms. The number of imidazole rings is 1. The number of nitro groups is 1. The van der Waals surface area contributed by atoms with Gasteiger partial charge in [-0.1, -0.05) is 15.9 Å². The largest absolute Gasteiger partial charge is 0.352 e. The molecule has 0 saturated carbocycles. The van der Waals surface area contributed by atoms with Crippen molar-refractivity contribution in [2.24, 2.45) is 0 Å². The molecule has 0 fully saturated rings. The minimum Gasteiger partial charge on any atom is -0.352 e. The zero-order valence-electron chi connectivity index (χ0n) is 15.0. The van der Waals surface area contributed by atoms with Crippen molar-refractivity contribution in [3.63, 3.8) is 0 Å². The van der Waals surface area contributed by atoms with Gasteiger partial charge in [0.1, 0.15) is 5.69 Å². The number of nitro benzene ring substituents is 1. The van der Waals surface area contributed by atoms with Crippen molar-refractivity contribution in [2.45, 2.75) is 6.42 Å². The second kappa shape index (κ2) is 9.11. The lowest BCUT2D eigenvalue weighted by molar-refractivity contribution is -0.384. The maximum absolute atomic E-state index is 12.3. The zero-order valence-corrected chi connectivity index (χ0v) is 16.6. The van der Waals surface area contributed by atoms with Gasteiger partial charge >= 0.3 is 0 Å². The third-order valence-electron chi connectivity index (χ3n) is 3.98. The molecule has 10 heteroatoms. The first-order valence-corrected chi connectivity index (χ1v) is 9.34. The van der Waals surface area contributed by atoms with E-state index < -0.39 is 10.8 Å². The van der Waals surface area contributed by atoms with E-state index in [1.807, 2.05) is 0 Å². The topological polar surface area (TPSA) is 119 Å². The predicted octanol–water partition coefficient (Wildman–Crippen LogP) is 3.30. The summed E-state index contributed by atoms with van der Waals surface area (Å²) in [5.41, 5.74) is 0.866. The van der Waals surface area contributed by atoms with E-state index in [2.05, 4.69) is 31.5 Å². The lowest BCUT2D eigenvalue weighted by Crippen LogP contribution is -2.27. The molecule has 0 bridgehead atoms. The molecule has 0 atom stereocenters. The van der Waals surface area contributed by atoms with Crippen LogP contribution in [0.25, 0.3) is 5.69 Å². The molecule has 0 radical (unpaired) electrons. The summed E-state index contributed by atoms with van der Waals surface area (Å²) in [7, 11) is 0. The van der Waals surface area contributed by atoms with Gasteiger partial charge in [0.05, 0.1) is 11.3 Å². The van der Waals surface area contributed by atoms with Gasteiger partial charge in [-0.05, 0) is 36.4 Å². The number of halogens is 1. The Hall–Kier alpha value is -3.53. The fourth-order valence-corrected chi connectivity index (χ4v) is 2.84. The quantitative estimate of drug-likeness (QED) is 0.416. The predicted molar refractivity (Wildman–Crippen MR) is 110 cm³/mol. The van der Waals surface area contributed by atoms with Crippen LogP contribution in [0.5, 0.6) is 0 Å². The molecule has 2 N–H and O–H groups in total. The number of amides is 2. The third kappa shape index (κ3) is 5.26. The molecule has 9 nitrogen and oxygen atoms in total. The maximum atomic E-state index is 12.3. The van der Waals surface area contributed by atoms with Crippen LogP contribution in [-0.4, -0.2) is 32.8 Å². The SMILES string of the molecule is O=C(CCNC(=O)c1ccc(-n2ccnc2)c([N+](=O)[O-])c1)Nc1ccc(Br)cc1. The molecule has 2 amide bonds. The summed E-state index contributed by atoms with van der Waals surface area (Å²) in [6, 6.07) is 11.3. The number of benzene rings is 2. The molecule has 148 valence electrons. The van der Waals surface area contributed by atoms with Crippen molar-refractivity contribution in [3.8, 4) is 5.69 Å². The molecule has 0 aliphatic heterocycles. The van der Waals surface area contributed by atoms with Crippen molar-refractivity contribution in [1.82, 2.24) is 14.9 Å². The molecular formula is C19H16BrN5O4. The normalized spacial score (nSPS) is 10.4. The van der Waals surface area contributed by atoms with Crippen LogP contribution in [0.3, 0.4) is 0 Å². The second-order valence-corrected chi connectivity index (χ2v) is 6.91. The summed E-state index contributed by atoms with van der Waals surface area (Å²) < 4.78 is 2.39. The highest BCUT2D eigenvalue weighted by Gasteiger charge is 2.18. The average molecular weight is 458 g/mol. The molecule has 1 heterocycles. The molecule has 1 aromatic heterocycles. The molecule has 0 spiro atoms. The Morgan fingerprint density at radius 2 is 1.93 bits per heavy atom. The van der Waals surface area contributed by atoms with Gasteiger partial charge < -0.3 is 15.2 Å². The van der Waals surface area contributed by atoms with E-state index in [1.165, 1.54) is 35.3 Å². The minimum atomic E-state index is -0.558. The standard InChI is InChI=1S/C19H16BrN5O4/c20-14-2-4-15(5-3-14)23-18(26)7-8-22-19(27)13-1-6-16(17(11-13)25(28)29)24-10-9-21-12-24/h1-6,9-12H,7-8H2,(H,22,27)(H,23,26). The van der Waals surface area contributed by atoms with Crippen molar-refractivity contribution in [3.05, 3.63) is 81.3 Å². The van der Waals surface area contributed by atoms with Crippen molar-refractivity contribution >= 4 is 39.1 Å². The zero-order chi connectivity index (χ0) is 20.8. The Labute approximate surface area is 174 Å². The van der Waals surface area contributed by atoms with E-state index in [0.29, 0.717) is 11.4 Å². The van der Waals surface area contributed by atoms with Gasteiger partial charge in [0.15, 0.2) is 0 Å². The van der Waals surface area contributed by atoms with Crippen LogP contribution in [0.1, 0.15) is 16.8 Å². The van der Waals surface area contributed by atoms with Gasteiger partial charge in [-0.3, -0.25) is 19.7 Å². The Kier molecular flexibility index (Phi) is 6.35. The lowest BCUT2D eigenvalue weighted by atomic mass is 10.1. The number of hydrogen-bond donors (Lipinski definition) is 2. The van der Waals surface area contributed by atoms with Gasteiger partial charge in [0.2, 0.25) is 5.91 Å². The van der Waals surface area contributed by atoms with E-state index in [-0.39, 0.29) is 30.1 Å². The van der Waals surface area contributed by atoms with Crippen LogP contribution in [0.2, 0.25) is 0 Å². The van der Waals surface area contributed by atoms with E-state index >= 15 is 0 Å². The van der Waals surface area contributed by atoms with Gasteiger partial charge in [0.25, 0.3) is 11.6 Å². The monoisotopic (exact) mass is 457 g/mol. The number of nitrogens with one attached hydrogen (secondary N) is 2. The summed E-state index contributed by atoms with van der Waals surface area (Å²) in [5.74, 6) is -0.754. The Bertz CT molecular complexity index is 1040. The van der Waals surface area contributed by atoms with Gasteiger partial charge in [-0.15, -0.1) is 0 Å². The molecule has 3 rings (SSSR count). The highest BCUT2D eigenvalue weighted by Crippen LogP contribution is 2.24. The maximum Gasteiger partial charge on any atom is 0.294 e. The number of anilines is 1. The minimum absolute atomic E-state index is 0.0665. The molecule has 0 aliphatic rings. The Morgan fingerprint density at radius 3 is 2.59 bits per heavy atom. The fraction of sp³-hybridized carbons (Fsp3) is 0.105. The first-order valence-electron chi connectivity index (χ1n) is 8.54. The fourth-order valence-electron chi connectivity index (χ4n) is 2.58. The Morgan fingerprint density at radius 1 is 1.17 bits per heavy atom. The number of aromatic nitrogens is 2. The van der Waals surface area contributed by atoms with Crippen LogP contribution in [-0.2, 0) is 4.79 Å². The summed E-state index contributed by atoms with van der Waals surface area (Å²) in [6.07, 6.45) is 4.58. The van der Waals surface area contributed by atoms with Gasteiger partial charge in [-0.25, -0.2) is 4.98 Å². The molecule has 2 aromatic carbocycles. The van der Waals surface area contributed by atoms with Crippen LogP contribution in [0, 0.1) is 10.1 Å². The lowest BCUT2D eigenvalue weighted by Gasteiger charge is -2.08. The molecule has 0 saturated heterocycles. The highest BCUT2D eigenvalue weighted by molar-refractivity contribution is 9.10. The number of carbonyl (C=O) groups is 2. The van der Waals surface area contributed by atoms with Gasteiger partial charge in [0, 0.05) is 47.1 Å². The van der Waals surface area contributed by atoms with Crippen LogP contribution < -0.4 is 10.6 Å². The molecule has 0 unspecified atom stereocenters. The first-order chi connectivity index (χ1) is 13.9. The number of nitrogens with zero attached hydrogens (tertiary/aromatic N) is 3. The second-order valence-electron chi connectivity index (χ2n) is 5.99.